The molecule has 4 aromatic rings. The Bertz CT molecular complexity index is 1230. The van der Waals surface area contributed by atoms with E-state index in [1.807, 2.05) is 65.2 Å². The first kappa shape index (κ1) is 22.3. The van der Waals surface area contributed by atoms with Crippen molar-refractivity contribution in [3.63, 3.8) is 0 Å². The molecule has 0 spiro atoms. The van der Waals surface area contributed by atoms with Crippen LogP contribution in [-0.2, 0) is 13.1 Å². The lowest BCUT2D eigenvalue weighted by atomic mass is 10.2. The van der Waals surface area contributed by atoms with Crippen LogP contribution < -0.4 is 15.0 Å². The van der Waals surface area contributed by atoms with Gasteiger partial charge in [-0.15, -0.1) is 0 Å². The number of benzene rings is 2. The Morgan fingerprint density at radius 1 is 1.06 bits per heavy atom. The molecule has 2 heterocycles. The summed E-state index contributed by atoms with van der Waals surface area (Å²) in [7, 11) is 1.66. The minimum atomic E-state index is -0.131. The number of anilines is 1. The van der Waals surface area contributed by atoms with E-state index in [1.165, 1.54) is 0 Å². The number of pyridine rings is 1. The standard InChI is InChI=1S/C26H29N5O2/c1-4-30(5-2)21-13-11-20(12-14-21)26(32)28-17-24-29-23-10-7-15-27-25(23)31(24)18-19-8-6-9-22(16-19)33-3/h6-16H,4-5,17-18H2,1-3H3,(H,28,32). The number of carbonyl (C=O) groups excluding carboxylic acids is 1. The Hall–Kier alpha value is -3.87. The Balaban J connectivity index is 1.53. The monoisotopic (exact) mass is 443 g/mol. The molecule has 0 aliphatic carbocycles. The van der Waals surface area contributed by atoms with Crippen LogP contribution in [0.25, 0.3) is 11.2 Å². The van der Waals surface area contributed by atoms with E-state index in [4.69, 9.17) is 9.72 Å². The lowest BCUT2D eigenvalue weighted by molar-refractivity contribution is 0.0949. The van der Waals surface area contributed by atoms with Crippen LogP contribution in [0.2, 0.25) is 0 Å². The van der Waals surface area contributed by atoms with Gasteiger partial charge >= 0.3 is 0 Å². The van der Waals surface area contributed by atoms with Crippen LogP contribution in [0.3, 0.4) is 0 Å². The van der Waals surface area contributed by atoms with E-state index in [0.717, 1.165) is 47.1 Å². The first-order valence-corrected chi connectivity index (χ1v) is 11.2. The first-order valence-electron chi connectivity index (χ1n) is 11.2. The zero-order valence-corrected chi connectivity index (χ0v) is 19.3. The minimum absolute atomic E-state index is 0.131. The summed E-state index contributed by atoms with van der Waals surface area (Å²) >= 11 is 0. The zero-order chi connectivity index (χ0) is 23.2. The number of hydrogen-bond donors (Lipinski definition) is 1. The van der Waals surface area contributed by atoms with Crippen molar-refractivity contribution in [3.8, 4) is 5.75 Å². The van der Waals surface area contributed by atoms with Crippen molar-refractivity contribution in [1.29, 1.82) is 0 Å². The van der Waals surface area contributed by atoms with Crippen LogP contribution in [-0.4, -0.2) is 40.6 Å². The molecule has 1 amide bonds. The Kier molecular flexibility index (Phi) is 6.88. The summed E-state index contributed by atoms with van der Waals surface area (Å²) < 4.78 is 7.39. The van der Waals surface area contributed by atoms with Crippen molar-refractivity contribution >= 4 is 22.8 Å². The maximum absolute atomic E-state index is 12.8. The number of ether oxygens (including phenoxy) is 1. The fourth-order valence-corrected chi connectivity index (χ4v) is 3.93. The molecular weight excluding hydrogens is 414 g/mol. The van der Waals surface area contributed by atoms with Crippen LogP contribution in [0.15, 0.2) is 66.9 Å². The third-order valence-electron chi connectivity index (χ3n) is 5.72. The molecule has 170 valence electrons. The van der Waals surface area contributed by atoms with Gasteiger partial charge in [0.1, 0.15) is 17.1 Å². The number of aromatic nitrogens is 3. The Morgan fingerprint density at radius 2 is 1.85 bits per heavy atom. The van der Waals surface area contributed by atoms with Crippen molar-refractivity contribution in [2.45, 2.75) is 26.9 Å². The first-order chi connectivity index (χ1) is 16.1. The largest absolute Gasteiger partial charge is 0.497 e. The highest BCUT2D eigenvalue weighted by atomic mass is 16.5. The molecule has 7 nitrogen and oxygen atoms in total. The van der Waals surface area contributed by atoms with E-state index in [9.17, 15) is 4.79 Å². The third-order valence-corrected chi connectivity index (χ3v) is 5.72. The van der Waals surface area contributed by atoms with Gasteiger partial charge < -0.3 is 19.5 Å². The molecule has 0 radical (unpaired) electrons. The molecule has 33 heavy (non-hydrogen) atoms. The Labute approximate surface area is 194 Å². The summed E-state index contributed by atoms with van der Waals surface area (Å²) in [5.41, 5.74) is 4.39. The maximum Gasteiger partial charge on any atom is 0.251 e. The van der Waals surface area contributed by atoms with Gasteiger partial charge in [-0.2, -0.15) is 0 Å². The lowest BCUT2D eigenvalue weighted by Crippen LogP contribution is -2.25. The summed E-state index contributed by atoms with van der Waals surface area (Å²) in [6.07, 6.45) is 1.76. The van der Waals surface area contributed by atoms with Crippen LogP contribution >= 0.6 is 0 Å². The molecule has 0 atom stereocenters. The van der Waals surface area contributed by atoms with E-state index in [0.29, 0.717) is 18.7 Å². The highest BCUT2D eigenvalue weighted by Crippen LogP contribution is 2.19. The maximum atomic E-state index is 12.8. The second kappa shape index (κ2) is 10.2. The van der Waals surface area contributed by atoms with Crippen molar-refractivity contribution in [3.05, 3.63) is 83.8 Å². The molecule has 0 aliphatic rings. The fourth-order valence-electron chi connectivity index (χ4n) is 3.93. The van der Waals surface area contributed by atoms with Gasteiger partial charge in [-0.3, -0.25) is 4.79 Å². The molecule has 0 bridgehead atoms. The van der Waals surface area contributed by atoms with Gasteiger partial charge in [-0.25, -0.2) is 9.97 Å². The molecule has 4 rings (SSSR count). The normalized spacial score (nSPS) is 10.9. The molecule has 0 saturated heterocycles. The number of nitrogens with one attached hydrogen (secondary N) is 1. The molecular formula is C26H29N5O2. The molecule has 2 aromatic carbocycles. The SMILES string of the molecule is CCN(CC)c1ccc(C(=O)NCc2nc3cccnc3n2Cc2cccc(OC)c2)cc1. The average Bonchev–Trinajstić information content (AvgIpc) is 3.21. The summed E-state index contributed by atoms with van der Waals surface area (Å²) in [6.45, 7) is 6.98. The van der Waals surface area contributed by atoms with Crippen molar-refractivity contribution in [2.75, 3.05) is 25.1 Å². The van der Waals surface area contributed by atoms with E-state index < -0.39 is 0 Å². The van der Waals surface area contributed by atoms with E-state index in [-0.39, 0.29) is 5.91 Å². The fraction of sp³-hybridized carbons (Fsp3) is 0.269. The van der Waals surface area contributed by atoms with E-state index >= 15 is 0 Å². The molecule has 1 N–H and O–H groups in total. The van der Waals surface area contributed by atoms with Crippen molar-refractivity contribution in [2.24, 2.45) is 0 Å². The number of rotatable bonds is 9. The predicted molar refractivity (Wildman–Crippen MR) is 131 cm³/mol. The van der Waals surface area contributed by atoms with Gasteiger partial charge in [0.15, 0.2) is 5.65 Å². The number of amides is 1. The minimum Gasteiger partial charge on any atom is -0.497 e. The smallest absolute Gasteiger partial charge is 0.251 e. The van der Waals surface area contributed by atoms with Crippen LogP contribution in [0.1, 0.15) is 35.6 Å². The lowest BCUT2D eigenvalue weighted by Gasteiger charge is -2.21. The molecule has 0 saturated carbocycles. The number of carbonyl (C=O) groups is 1. The highest BCUT2D eigenvalue weighted by Gasteiger charge is 2.14. The highest BCUT2D eigenvalue weighted by molar-refractivity contribution is 5.94. The van der Waals surface area contributed by atoms with Crippen LogP contribution in [0, 0.1) is 0 Å². The summed E-state index contributed by atoms with van der Waals surface area (Å²) in [4.78, 5) is 24.3. The van der Waals surface area contributed by atoms with Crippen LogP contribution in [0.4, 0.5) is 5.69 Å². The van der Waals surface area contributed by atoms with Gasteiger partial charge in [0, 0.05) is 30.5 Å². The van der Waals surface area contributed by atoms with Crippen molar-refractivity contribution in [1.82, 2.24) is 19.9 Å². The number of imidazole rings is 1. The predicted octanol–water partition coefficient (Wildman–Crippen LogP) is 4.26. The van der Waals surface area contributed by atoms with Gasteiger partial charge in [0.05, 0.1) is 20.2 Å². The van der Waals surface area contributed by atoms with Crippen LogP contribution in [0.5, 0.6) is 5.75 Å². The third kappa shape index (κ3) is 4.98. The second-order valence-corrected chi connectivity index (χ2v) is 7.71. The van der Waals surface area contributed by atoms with Gasteiger partial charge in [-0.05, 0) is 67.9 Å². The zero-order valence-electron chi connectivity index (χ0n) is 19.3. The van der Waals surface area contributed by atoms with E-state index in [1.54, 1.807) is 13.3 Å². The van der Waals surface area contributed by atoms with Gasteiger partial charge in [-0.1, -0.05) is 12.1 Å². The molecule has 0 unspecified atom stereocenters. The Morgan fingerprint density at radius 3 is 2.58 bits per heavy atom. The molecule has 0 aliphatic heterocycles. The van der Waals surface area contributed by atoms with Gasteiger partial charge in [0.25, 0.3) is 5.91 Å². The number of fused-ring (bicyclic) bond motifs is 1. The van der Waals surface area contributed by atoms with Crippen molar-refractivity contribution < 1.29 is 9.53 Å². The molecule has 0 fully saturated rings. The molecule has 7 heteroatoms. The summed E-state index contributed by atoms with van der Waals surface area (Å²) in [5, 5.41) is 3.01. The number of nitrogens with zero attached hydrogens (tertiary/aromatic N) is 4. The average molecular weight is 444 g/mol. The summed E-state index contributed by atoms with van der Waals surface area (Å²) in [5.74, 6) is 1.42. The molecule has 2 aromatic heterocycles. The number of methoxy groups -OCH3 is 1. The van der Waals surface area contributed by atoms with E-state index in [2.05, 4.69) is 29.0 Å². The van der Waals surface area contributed by atoms with Gasteiger partial charge in [0.2, 0.25) is 0 Å². The summed E-state index contributed by atoms with van der Waals surface area (Å²) in [6, 6.07) is 19.4. The number of hydrogen-bond acceptors (Lipinski definition) is 5. The topological polar surface area (TPSA) is 72.3 Å². The second-order valence-electron chi connectivity index (χ2n) is 7.71. The quantitative estimate of drug-likeness (QED) is 0.418.